The first-order valence-electron chi connectivity index (χ1n) is 6.99. The third-order valence-corrected chi connectivity index (χ3v) is 4.95. The predicted octanol–water partition coefficient (Wildman–Crippen LogP) is 5.70. The Kier molecular flexibility index (Phi) is 3.80. The highest BCUT2D eigenvalue weighted by molar-refractivity contribution is 7.19. The van der Waals surface area contributed by atoms with Crippen molar-refractivity contribution in [2.45, 2.75) is 13.8 Å². The van der Waals surface area contributed by atoms with Gasteiger partial charge in [0.05, 0.1) is 7.11 Å². The summed E-state index contributed by atoms with van der Waals surface area (Å²) in [5.41, 5.74) is 3.81. The van der Waals surface area contributed by atoms with Gasteiger partial charge in [0.25, 0.3) is 0 Å². The van der Waals surface area contributed by atoms with E-state index in [1.807, 2.05) is 23.5 Å². The number of methoxy groups -OCH3 is 1. The molecule has 3 aromatic rings. The van der Waals surface area contributed by atoms with Gasteiger partial charge in [-0.05, 0) is 54.1 Å². The van der Waals surface area contributed by atoms with Crippen LogP contribution in [0.4, 0.5) is 0 Å². The highest BCUT2D eigenvalue weighted by atomic mass is 32.1. The molecule has 0 aliphatic carbocycles. The minimum Gasteiger partial charge on any atom is -0.497 e. The summed E-state index contributed by atoms with van der Waals surface area (Å²) < 4.78 is 6.53. The maximum Gasteiger partial charge on any atom is 0.118 e. The molecule has 0 N–H and O–H groups in total. The van der Waals surface area contributed by atoms with E-state index in [9.17, 15) is 0 Å². The summed E-state index contributed by atoms with van der Waals surface area (Å²) in [6, 6.07) is 14.8. The number of thiophene rings is 1. The molecule has 3 rings (SSSR count). The van der Waals surface area contributed by atoms with Gasteiger partial charge in [0.1, 0.15) is 5.75 Å². The number of ether oxygens (including phenoxy) is 1. The molecule has 1 nitrogen and oxygen atoms in total. The van der Waals surface area contributed by atoms with E-state index in [1.165, 1.54) is 31.7 Å². The van der Waals surface area contributed by atoms with Crippen molar-refractivity contribution < 1.29 is 4.74 Å². The van der Waals surface area contributed by atoms with Crippen LogP contribution in [0.1, 0.15) is 21.6 Å². The van der Waals surface area contributed by atoms with Gasteiger partial charge < -0.3 is 4.74 Å². The van der Waals surface area contributed by atoms with E-state index in [0.717, 1.165) is 5.75 Å². The molecule has 2 heteroatoms. The fourth-order valence-electron chi connectivity index (χ4n) is 2.38. The Morgan fingerprint density at radius 2 is 1.57 bits per heavy atom. The molecule has 0 fully saturated rings. The van der Waals surface area contributed by atoms with Crippen LogP contribution in [0.5, 0.6) is 5.75 Å². The van der Waals surface area contributed by atoms with Gasteiger partial charge in [0.2, 0.25) is 0 Å². The Morgan fingerprint density at radius 3 is 2.29 bits per heavy atom. The second-order valence-corrected chi connectivity index (χ2v) is 6.40. The number of fused-ring (bicyclic) bond motifs is 1. The Labute approximate surface area is 129 Å². The van der Waals surface area contributed by atoms with Crippen LogP contribution < -0.4 is 4.74 Å². The minimum atomic E-state index is 0.887. The van der Waals surface area contributed by atoms with Crippen molar-refractivity contribution in [3.63, 3.8) is 0 Å². The maximum atomic E-state index is 5.17. The van der Waals surface area contributed by atoms with E-state index in [1.54, 1.807) is 7.11 Å². The fourth-order valence-corrected chi connectivity index (χ4v) is 3.49. The summed E-state index contributed by atoms with van der Waals surface area (Å²) in [4.78, 5) is 1.40. The lowest BCUT2D eigenvalue weighted by atomic mass is 10.1. The molecule has 0 amide bonds. The van der Waals surface area contributed by atoms with Gasteiger partial charge in [-0.3, -0.25) is 0 Å². The van der Waals surface area contributed by atoms with Crippen LogP contribution >= 0.6 is 11.3 Å². The van der Waals surface area contributed by atoms with Crippen LogP contribution in [0.2, 0.25) is 0 Å². The molecule has 0 aliphatic heterocycles. The molecule has 0 radical (unpaired) electrons. The molecule has 0 saturated carbocycles. The average Bonchev–Trinajstić information content (AvgIpc) is 2.80. The van der Waals surface area contributed by atoms with Crippen molar-refractivity contribution in [2.24, 2.45) is 0 Å². The van der Waals surface area contributed by atoms with Crippen molar-refractivity contribution >= 4 is 33.6 Å². The molecule has 0 spiro atoms. The van der Waals surface area contributed by atoms with E-state index >= 15 is 0 Å². The van der Waals surface area contributed by atoms with E-state index in [-0.39, 0.29) is 0 Å². The largest absolute Gasteiger partial charge is 0.497 e. The number of benzene rings is 2. The second-order valence-electron chi connectivity index (χ2n) is 5.15. The first kappa shape index (κ1) is 13.9. The molecule has 0 aliphatic rings. The zero-order chi connectivity index (χ0) is 14.8. The first-order valence-corrected chi connectivity index (χ1v) is 7.81. The molecule has 1 aromatic heterocycles. The molecule has 0 bridgehead atoms. The number of rotatable bonds is 3. The molecule has 106 valence electrons. The maximum absolute atomic E-state index is 5.17. The van der Waals surface area contributed by atoms with Crippen LogP contribution in [0, 0.1) is 13.8 Å². The van der Waals surface area contributed by atoms with Crippen LogP contribution in [-0.2, 0) is 0 Å². The predicted molar refractivity (Wildman–Crippen MR) is 93.2 cm³/mol. The highest BCUT2D eigenvalue weighted by Gasteiger charge is 2.04. The Morgan fingerprint density at radius 1 is 0.905 bits per heavy atom. The lowest BCUT2D eigenvalue weighted by Crippen LogP contribution is -1.81. The quantitative estimate of drug-likeness (QED) is 0.563. The summed E-state index contributed by atoms with van der Waals surface area (Å²) in [5, 5.41) is 1.37. The van der Waals surface area contributed by atoms with E-state index < -0.39 is 0 Å². The zero-order valence-corrected chi connectivity index (χ0v) is 13.3. The van der Waals surface area contributed by atoms with Gasteiger partial charge in [-0.1, -0.05) is 36.4 Å². The average molecular weight is 294 g/mol. The normalized spacial score (nSPS) is 11.4. The van der Waals surface area contributed by atoms with Crippen molar-refractivity contribution in [1.82, 2.24) is 0 Å². The molecular weight excluding hydrogens is 276 g/mol. The third kappa shape index (κ3) is 2.86. The number of hydrogen-bond donors (Lipinski definition) is 0. The summed E-state index contributed by atoms with van der Waals surface area (Å²) in [6.07, 6.45) is 4.29. The summed E-state index contributed by atoms with van der Waals surface area (Å²) >= 11 is 1.87. The summed E-state index contributed by atoms with van der Waals surface area (Å²) in [5.74, 6) is 0.887. The molecule has 0 unspecified atom stereocenters. The molecule has 21 heavy (non-hydrogen) atoms. The van der Waals surface area contributed by atoms with Gasteiger partial charge in [0.15, 0.2) is 0 Å². The highest BCUT2D eigenvalue weighted by Crippen LogP contribution is 2.31. The van der Waals surface area contributed by atoms with E-state index in [2.05, 4.69) is 56.3 Å². The van der Waals surface area contributed by atoms with E-state index in [0.29, 0.717) is 0 Å². The SMILES string of the molecule is COc1ccc(/C=C/c2ccc3c(C)c(C)sc3c2)cc1. The van der Waals surface area contributed by atoms with Gasteiger partial charge in [-0.2, -0.15) is 0 Å². The van der Waals surface area contributed by atoms with Crippen molar-refractivity contribution in [1.29, 1.82) is 0 Å². The molecule has 1 heterocycles. The minimum absolute atomic E-state index is 0.887. The lowest BCUT2D eigenvalue weighted by molar-refractivity contribution is 0.415. The van der Waals surface area contributed by atoms with Crippen molar-refractivity contribution in [3.05, 3.63) is 64.0 Å². The summed E-state index contributed by atoms with van der Waals surface area (Å²) in [6.45, 7) is 4.38. The fraction of sp³-hybridized carbons (Fsp3) is 0.158. The van der Waals surface area contributed by atoms with E-state index in [4.69, 9.17) is 4.74 Å². The standard InChI is InChI=1S/C19H18OS/c1-13-14(2)21-19-12-16(8-11-18(13)19)5-4-15-6-9-17(20-3)10-7-15/h4-12H,1-3H3/b5-4+. The molecular formula is C19H18OS. The summed E-state index contributed by atoms with van der Waals surface area (Å²) in [7, 11) is 1.69. The van der Waals surface area contributed by atoms with Crippen molar-refractivity contribution in [2.75, 3.05) is 7.11 Å². The Balaban J connectivity index is 1.88. The second kappa shape index (κ2) is 5.74. The van der Waals surface area contributed by atoms with Crippen molar-refractivity contribution in [3.8, 4) is 5.75 Å². The topological polar surface area (TPSA) is 9.23 Å². The van der Waals surface area contributed by atoms with Gasteiger partial charge in [-0.15, -0.1) is 11.3 Å². The number of aryl methyl sites for hydroxylation is 2. The number of hydrogen-bond acceptors (Lipinski definition) is 2. The smallest absolute Gasteiger partial charge is 0.118 e. The van der Waals surface area contributed by atoms with Gasteiger partial charge in [-0.25, -0.2) is 0 Å². The monoisotopic (exact) mass is 294 g/mol. The zero-order valence-electron chi connectivity index (χ0n) is 12.5. The van der Waals surface area contributed by atoms with Crippen LogP contribution in [0.15, 0.2) is 42.5 Å². The Hall–Kier alpha value is -2.06. The van der Waals surface area contributed by atoms with Crippen LogP contribution in [0.3, 0.4) is 0 Å². The van der Waals surface area contributed by atoms with Crippen LogP contribution in [-0.4, -0.2) is 7.11 Å². The third-order valence-electron chi connectivity index (χ3n) is 3.78. The molecule has 0 saturated heterocycles. The molecule has 2 aromatic carbocycles. The molecule has 0 atom stereocenters. The first-order chi connectivity index (χ1) is 10.2. The van der Waals surface area contributed by atoms with Crippen LogP contribution in [0.25, 0.3) is 22.2 Å². The Bertz CT molecular complexity index is 794. The van der Waals surface area contributed by atoms with Gasteiger partial charge in [0, 0.05) is 9.58 Å². The van der Waals surface area contributed by atoms with Gasteiger partial charge >= 0.3 is 0 Å². The lowest BCUT2D eigenvalue weighted by Gasteiger charge is -1.99.